The first kappa shape index (κ1) is 23.3. The highest BCUT2D eigenvalue weighted by atomic mass is 16.5. The Kier molecular flexibility index (Phi) is 4.84. The van der Waals surface area contributed by atoms with E-state index in [-0.39, 0.29) is 31.6 Å². The summed E-state index contributed by atoms with van der Waals surface area (Å²) in [6.07, 6.45) is 0.791. The lowest BCUT2D eigenvalue weighted by Gasteiger charge is -2.44. The van der Waals surface area contributed by atoms with Crippen molar-refractivity contribution in [2.45, 2.75) is 36.0 Å². The van der Waals surface area contributed by atoms with E-state index in [1.54, 1.807) is 12.1 Å². The van der Waals surface area contributed by atoms with Crippen LogP contribution in [0.4, 0.5) is 10.5 Å². The number of aliphatic hydroxyl groups is 2. The molecular formula is C22H29N10O5+. The molecule has 5 aliphatic rings. The van der Waals surface area contributed by atoms with Gasteiger partial charge in [-0.2, -0.15) is 0 Å². The Bertz CT molecular complexity index is 1290. The smallest absolute Gasteiger partial charge is 0.346 e. The second kappa shape index (κ2) is 7.69. The zero-order valence-electron chi connectivity index (χ0n) is 20.1. The van der Waals surface area contributed by atoms with E-state index in [4.69, 9.17) is 11.5 Å². The molecule has 15 heteroatoms. The third kappa shape index (κ3) is 3.10. The number of urea groups is 1. The molecule has 4 atom stereocenters. The molecule has 4 amide bonds. The van der Waals surface area contributed by atoms with Crippen LogP contribution in [-0.4, -0.2) is 117 Å². The molecule has 5 heterocycles. The number of nitrogens with two attached hydrogens (primary N) is 2. The van der Waals surface area contributed by atoms with Gasteiger partial charge in [0.25, 0.3) is 5.91 Å². The summed E-state index contributed by atoms with van der Waals surface area (Å²) in [7, 11) is 1.51. The number of carbonyl (C=O) groups excluding carboxylic acids is 3. The van der Waals surface area contributed by atoms with E-state index in [0.29, 0.717) is 12.1 Å². The maximum absolute atomic E-state index is 13.3. The molecule has 2 saturated heterocycles. The number of rotatable bonds is 4. The number of benzene rings is 1. The molecule has 0 saturated carbocycles. The van der Waals surface area contributed by atoms with Gasteiger partial charge in [0.2, 0.25) is 17.4 Å². The Hall–Kier alpha value is -4.11. The van der Waals surface area contributed by atoms with Crippen molar-refractivity contribution in [2.75, 3.05) is 38.5 Å². The molecule has 0 bridgehead atoms. The number of fused-ring (bicyclic) bond motifs is 1. The van der Waals surface area contributed by atoms with Crippen LogP contribution >= 0.6 is 0 Å². The Morgan fingerprint density at radius 1 is 1.32 bits per heavy atom. The van der Waals surface area contributed by atoms with Crippen molar-refractivity contribution in [1.82, 2.24) is 25.8 Å². The summed E-state index contributed by atoms with van der Waals surface area (Å²) in [5.74, 6) is -3.51. The van der Waals surface area contributed by atoms with E-state index in [9.17, 15) is 24.6 Å². The van der Waals surface area contributed by atoms with Gasteiger partial charge in [-0.05, 0) is 18.1 Å². The number of imide groups is 1. The Morgan fingerprint density at radius 3 is 2.84 bits per heavy atom. The van der Waals surface area contributed by atoms with Gasteiger partial charge in [0.05, 0.1) is 24.3 Å². The normalized spacial score (nSPS) is 31.3. The number of nitrogens with zero attached hydrogens (tertiary/aromatic N) is 4. The maximum atomic E-state index is 13.3. The molecule has 0 aromatic heterocycles. The molecule has 10 N–H and O–H groups in total. The van der Waals surface area contributed by atoms with Crippen LogP contribution in [0, 0.1) is 0 Å². The lowest BCUT2D eigenvalue weighted by atomic mass is 9.85. The molecule has 1 aromatic rings. The minimum absolute atomic E-state index is 0.0533. The third-order valence-electron chi connectivity index (χ3n) is 7.87. The number of hydrogen-bond donors (Lipinski definition) is 8. The number of nitrogens with one attached hydrogen (secondary N) is 4. The average molecular weight is 514 g/mol. The molecule has 0 radical (unpaired) electrons. The summed E-state index contributed by atoms with van der Waals surface area (Å²) in [5, 5.41) is 35.1. The van der Waals surface area contributed by atoms with E-state index >= 15 is 0 Å². The van der Waals surface area contributed by atoms with E-state index in [2.05, 4.69) is 26.3 Å². The summed E-state index contributed by atoms with van der Waals surface area (Å²) >= 11 is 0. The summed E-state index contributed by atoms with van der Waals surface area (Å²) in [6, 6.07) is 1.93. The molecule has 6 rings (SSSR count). The fourth-order valence-electron chi connectivity index (χ4n) is 6.12. The molecule has 5 aliphatic heterocycles. The fraction of sp³-hybridized carbons (Fsp3) is 0.500. The molecule has 37 heavy (non-hydrogen) atoms. The molecule has 0 aliphatic carbocycles. The van der Waals surface area contributed by atoms with Gasteiger partial charge in [0, 0.05) is 13.6 Å². The summed E-state index contributed by atoms with van der Waals surface area (Å²) < 4.78 is 1.47. The van der Waals surface area contributed by atoms with Gasteiger partial charge in [-0.1, -0.05) is 12.1 Å². The number of guanidine groups is 2. The highest BCUT2D eigenvalue weighted by molar-refractivity contribution is 6.02. The zero-order valence-corrected chi connectivity index (χ0v) is 20.1. The van der Waals surface area contributed by atoms with Crippen LogP contribution < -0.4 is 32.7 Å². The average Bonchev–Trinajstić information content (AvgIpc) is 3.57. The quantitative estimate of drug-likeness (QED) is 0.110. The molecule has 15 nitrogen and oxygen atoms in total. The van der Waals surface area contributed by atoms with Crippen molar-refractivity contribution in [2.24, 2.45) is 16.5 Å². The van der Waals surface area contributed by atoms with Crippen LogP contribution in [0.1, 0.15) is 15.9 Å². The van der Waals surface area contributed by atoms with E-state index in [1.165, 1.54) is 16.5 Å². The number of para-hydroxylation sites is 1. The lowest BCUT2D eigenvalue weighted by molar-refractivity contribution is -0.623. The van der Waals surface area contributed by atoms with Gasteiger partial charge in [0.1, 0.15) is 24.7 Å². The van der Waals surface area contributed by atoms with Crippen LogP contribution in [0.25, 0.3) is 0 Å². The van der Waals surface area contributed by atoms with Gasteiger partial charge in [-0.25, -0.2) is 14.4 Å². The van der Waals surface area contributed by atoms with Gasteiger partial charge in [-0.15, -0.1) is 0 Å². The van der Waals surface area contributed by atoms with Crippen LogP contribution in [0.3, 0.4) is 0 Å². The van der Waals surface area contributed by atoms with Gasteiger partial charge < -0.3 is 36.8 Å². The molecular weight excluding hydrogens is 484 g/mol. The molecule has 1 spiro atoms. The number of likely N-dealkylation sites (N-methyl/N-ethyl adjacent to an activating group) is 1. The Morgan fingerprint density at radius 2 is 2.11 bits per heavy atom. The number of hydrogen-bond acceptors (Lipinski definition) is 11. The fourth-order valence-corrected chi connectivity index (χ4v) is 6.12. The topological polar surface area (TPSA) is 214 Å². The predicted molar refractivity (Wildman–Crippen MR) is 129 cm³/mol. The zero-order chi connectivity index (χ0) is 26.3. The van der Waals surface area contributed by atoms with Gasteiger partial charge in [-0.3, -0.25) is 25.5 Å². The van der Waals surface area contributed by atoms with Crippen molar-refractivity contribution in [3.8, 4) is 0 Å². The molecule has 1 aromatic carbocycles. The molecule has 1 unspecified atom stereocenters. The van der Waals surface area contributed by atoms with Crippen LogP contribution in [0.2, 0.25) is 0 Å². The number of anilines is 1. The molecule has 2 fully saturated rings. The number of aliphatic imine (C=N–C) groups is 1. The summed E-state index contributed by atoms with van der Waals surface area (Å²) in [5.41, 5.74) is 12.7. The third-order valence-corrected chi connectivity index (χ3v) is 7.87. The highest BCUT2D eigenvalue weighted by Crippen LogP contribution is 2.42. The lowest BCUT2D eigenvalue weighted by Crippen LogP contribution is -2.79. The SMILES string of the molecule is CN1CC(=O)N(C[C@@H]2NC(N)=[N+]3CC(NC(=O)c4cccc5c4NCC5)C(O)(O)[C@@]34NC(N)=N[C@@H]24)C1=O. The number of carbonyl (C=O) groups is 3. The van der Waals surface area contributed by atoms with Crippen molar-refractivity contribution in [3.05, 3.63) is 29.3 Å². The first-order valence-corrected chi connectivity index (χ1v) is 12.0. The largest absolute Gasteiger partial charge is 0.384 e. The van der Waals surface area contributed by atoms with Gasteiger partial charge in [0.15, 0.2) is 5.96 Å². The first-order chi connectivity index (χ1) is 17.5. The van der Waals surface area contributed by atoms with Crippen molar-refractivity contribution < 1.29 is 29.2 Å². The highest BCUT2D eigenvalue weighted by Gasteiger charge is 2.75. The second-order valence-corrected chi connectivity index (χ2v) is 10.0. The van der Waals surface area contributed by atoms with Crippen LogP contribution in [0.5, 0.6) is 0 Å². The van der Waals surface area contributed by atoms with E-state index in [1.807, 2.05) is 6.07 Å². The first-order valence-electron chi connectivity index (χ1n) is 12.0. The summed E-state index contributed by atoms with van der Waals surface area (Å²) in [4.78, 5) is 44.9. The van der Waals surface area contributed by atoms with Gasteiger partial charge >= 0.3 is 12.0 Å². The Balaban J connectivity index is 1.32. The molecule has 196 valence electrons. The van der Waals surface area contributed by atoms with Crippen molar-refractivity contribution >= 4 is 35.5 Å². The van der Waals surface area contributed by atoms with E-state index in [0.717, 1.165) is 22.6 Å². The standard InChI is InChI=1S/C22H28N10O5/c1-30-9-14(33)31(20(30)35)7-12-16-21(29-18(23)28-16)22(36,37)13(8-32(21)19(24)26-12)27-17(34)11-4-2-3-10-5-6-25-15(10)11/h2-4,12-13,16,36-37H,5-9H2,1H3,(H7,23,24,25,26,27,28,29,34)/p+1/t12-,13?,16-,21-/m0/s1. The minimum Gasteiger partial charge on any atom is -0.384 e. The van der Waals surface area contributed by atoms with Crippen molar-refractivity contribution in [1.29, 1.82) is 0 Å². The monoisotopic (exact) mass is 513 g/mol. The van der Waals surface area contributed by atoms with Crippen LogP contribution in [0.15, 0.2) is 23.2 Å². The van der Waals surface area contributed by atoms with Crippen molar-refractivity contribution in [3.63, 3.8) is 0 Å². The second-order valence-electron chi connectivity index (χ2n) is 10.0. The Labute approximate surface area is 211 Å². The number of amides is 4. The van der Waals surface area contributed by atoms with Crippen LogP contribution in [-0.2, 0) is 11.2 Å². The van der Waals surface area contributed by atoms with E-state index < -0.39 is 47.4 Å². The maximum Gasteiger partial charge on any atom is 0.346 e. The summed E-state index contributed by atoms with van der Waals surface area (Å²) in [6.45, 7) is 0.439. The minimum atomic E-state index is -2.61. The predicted octanol–water partition coefficient (Wildman–Crippen LogP) is -4.38.